The van der Waals surface area contributed by atoms with Crippen molar-refractivity contribution in [3.05, 3.63) is 46.5 Å². The molecule has 0 N–H and O–H groups in total. The molecule has 3 aromatic rings. The van der Waals surface area contributed by atoms with Gasteiger partial charge >= 0.3 is 8.24 Å². The molecule has 0 aliphatic carbocycles. The van der Waals surface area contributed by atoms with Gasteiger partial charge in [0.15, 0.2) is 17.9 Å². The Kier molecular flexibility index (Phi) is 8.89. The number of rotatable bonds is 3. The van der Waals surface area contributed by atoms with Gasteiger partial charge in [-0.1, -0.05) is 95.2 Å². The minimum Gasteiger partial charge on any atom is -0.399 e. The van der Waals surface area contributed by atoms with E-state index in [0.717, 1.165) is 33.1 Å². The normalized spacial score (nSPS) is 27.3. The van der Waals surface area contributed by atoms with Crippen molar-refractivity contribution < 1.29 is 36.6 Å². The molecule has 49 heavy (non-hydrogen) atoms. The molecule has 0 radical (unpaired) electrons. The number of ether oxygens (including phenoxy) is 5. The van der Waals surface area contributed by atoms with Crippen molar-refractivity contribution in [2.45, 2.75) is 175 Å². The third kappa shape index (κ3) is 7.26. The molecule has 2 aromatic carbocycles. The molecule has 3 fully saturated rings. The molecule has 9 heteroatoms. The SMILES string of the molecule is CC1(C)O[C@H]2O[C@H]([C@H]3COC(C)(C)O3)[C@H](Op3oc4c(C(C)(C)C)cc(C(C)(C)C)cc4c4cc(C(C)(C)C)cc(C(C)(C)C)c4o3)[C@H]2O1. The standard InChI is InChI=1S/C40H59O8P/c1-35(2,3)22-17-24-25-18-23(36(4,5)6)20-27(38(10,11)12)30(25)47-49(46-29(24)26(19-22)37(7,8)9)48-32-31(28-21-41-39(13,14)43-28)42-34-33(32)44-40(15,16)45-34/h17-20,28,31-34H,21H2,1-16H3/t28-,31-,32+,33-,34-/m1/s1. The van der Waals surface area contributed by atoms with Crippen LogP contribution in [0.4, 0.5) is 0 Å². The Morgan fingerprint density at radius 2 is 1.10 bits per heavy atom. The van der Waals surface area contributed by atoms with Gasteiger partial charge < -0.3 is 32.1 Å². The van der Waals surface area contributed by atoms with Crippen molar-refractivity contribution in [2.75, 3.05) is 6.61 Å². The van der Waals surface area contributed by atoms with Crippen LogP contribution in [-0.4, -0.2) is 48.9 Å². The fourth-order valence-corrected chi connectivity index (χ4v) is 8.20. The maximum absolute atomic E-state index is 7.07. The van der Waals surface area contributed by atoms with Gasteiger partial charge in [-0.05, 0) is 72.6 Å². The van der Waals surface area contributed by atoms with Gasteiger partial charge in [0.05, 0.1) is 6.61 Å². The Labute approximate surface area is 294 Å². The average Bonchev–Trinajstić information content (AvgIpc) is 3.50. The quantitative estimate of drug-likeness (QED) is 0.267. The fraction of sp³-hybridized carbons (Fsp3) is 0.700. The Bertz CT molecular complexity index is 1680. The van der Waals surface area contributed by atoms with Crippen molar-refractivity contribution in [3.63, 3.8) is 0 Å². The Balaban J connectivity index is 1.67. The molecular weight excluding hydrogens is 639 g/mol. The van der Waals surface area contributed by atoms with E-state index in [-0.39, 0.29) is 27.8 Å². The summed E-state index contributed by atoms with van der Waals surface area (Å²) >= 11 is 0. The van der Waals surface area contributed by atoms with E-state index in [1.807, 2.05) is 27.7 Å². The minimum atomic E-state index is -2.02. The van der Waals surface area contributed by atoms with Crippen LogP contribution in [-0.2, 0) is 45.3 Å². The van der Waals surface area contributed by atoms with Gasteiger partial charge in [0.1, 0.15) is 35.6 Å². The smallest absolute Gasteiger partial charge is 0.387 e. The summed E-state index contributed by atoms with van der Waals surface area (Å²) in [5.41, 5.74) is 5.61. The predicted octanol–water partition coefficient (Wildman–Crippen LogP) is 10.3. The molecule has 0 spiro atoms. The lowest BCUT2D eigenvalue weighted by atomic mass is 9.77. The first-order chi connectivity index (χ1) is 22.2. The van der Waals surface area contributed by atoms with Crippen LogP contribution in [0.1, 0.15) is 133 Å². The highest BCUT2D eigenvalue weighted by Gasteiger charge is 2.59. The molecule has 6 rings (SSSR count). The molecule has 0 bridgehead atoms. The third-order valence-electron chi connectivity index (χ3n) is 9.78. The van der Waals surface area contributed by atoms with Crippen molar-refractivity contribution in [2.24, 2.45) is 0 Å². The molecule has 3 aliphatic rings. The van der Waals surface area contributed by atoms with Crippen molar-refractivity contribution in [1.29, 1.82) is 0 Å². The number of fused-ring (bicyclic) bond motifs is 4. The zero-order valence-corrected chi connectivity index (χ0v) is 33.5. The van der Waals surface area contributed by atoms with Gasteiger partial charge in [0, 0.05) is 21.9 Å². The van der Waals surface area contributed by atoms with Crippen molar-refractivity contribution in [1.82, 2.24) is 0 Å². The first kappa shape index (κ1) is 36.9. The summed E-state index contributed by atoms with van der Waals surface area (Å²) in [7, 11) is -2.02. The maximum Gasteiger partial charge on any atom is 0.387 e. The minimum absolute atomic E-state index is 0.0920. The van der Waals surface area contributed by atoms with E-state index in [1.54, 1.807) is 0 Å². The van der Waals surface area contributed by atoms with E-state index in [9.17, 15) is 0 Å². The second-order valence-corrected chi connectivity index (χ2v) is 20.2. The predicted molar refractivity (Wildman–Crippen MR) is 195 cm³/mol. The molecule has 3 aliphatic heterocycles. The first-order valence-corrected chi connectivity index (χ1v) is 18.9. The van der Waals surface area contributed by atoms with E-state index < -0.39 is 44.4 Å². The summed E-state index contributed by atoms with van der Waals surface area (Å²) in [6.07, 6.45) is -2.66. The monoisotopic (exact) mass is 698 g/mol. The van der Waals surface area contributed by atoms with Gasteiger partial charge in [-0.2, -0.15) is 0 Å². The second-order valence-electron chi connectivity index (χ2n) is 19.2. The largest absolute Gasteiger partial charge is 0.399 e. The Hall–Kier alpha value is -1.90. The molecule has 4 heterocycles. The molecule has 1 aromatic heterocycles. The second kappa shape index (κ2) is 11.8. The summed E-state index contributed by atoms with van der Waals surface area (Å²) in [4.78, 5) is 0. The van der Waals surface area contributed by atoms with E-state index in [4.69, 9.17) is 36.6 Å². The topological polar surface area (TPSA) is 81.7 Å². The molecule has 0 amide bonds. The van der Waals surface area contributed by atoms with Crippen molar-refractivity contribution >= 4 is 30.2 Å². The van der Waals surface area contributed by atoms with Gasteiger partial charge in [-0.25, -0.2) is 0 Å². The molecule has 272 valence electrons. The average molecular weight is 699 g/mol. The summed E-state index contributed by atoms with van der Waals surface area (Å²) in [5, 5.41) is 2.04. The van der Waals surface area contributed by atoms with E-state index in [0.29, 0.717) is 6.61 Å². The van der Waals surface area contributed by atoms with Crippen LogP contribution in [0.25, 0.3) is 21.9 Å². The zero-order chi connectivity index (χ0) is 36.3. The van der Waals surface area contributed by atoms with Gasteiger partial charge in [-0.3, -0.25) is 4.52 Å². The number of hydrogen-bond acceptors (Lipinski definition) is 8. The summed E-state index contributed by atoms with van der Waals surface area (Å²) < 4.78 is 52.6. The summed E-state index contributed by atoms with van der Waals surface area (Å²) in [6.45, 7) is 34.9. The van der Waals surface area contributed by atoms with Crippen LogP contribution < -0.4 is 4.52 Å². The first-order valence-electron chi connectivity index (χ1n) is 17.8. The molecule has 0 saturated carbocycles. The molecule has 5 atom stereocenters. The number of hydrogen-bond donors (Lipinski definition) is 0. The van der Waals surface area contributed by atoms with Crippen LogP contribution in [0.5, 0.6) is 0 Å². The highest BCUT2D eigenvalue weighted by Crippen LogP contribution is 2.48. The van der Waals surface area contributed by atoms with E-state index in [1.165, 1.54) is 11.1 Å². The lowest BCUT2D eigenvalue weighted by Crippen LogP contribution is -2.45. The van der Waals surface area contributed by atoms with Crippen LogP contribution in [0.2, 0.25) is 0 Å². The lowest BCUT2D eigenvalue weighted by molar-refractivity contribution is -0.228. The highest BCUT2D eigenvalue weighted by atomic mass is 31.1. The summed E-state index contributed by atoms with van der Waals surface area (Å²) in [6, 6.07) is 9.19. The molecular formula is C40H59O8P. The van der Waals surface area contributed by atoms with Gasteiger partial charge in [-0.15, -0.1) is 0 Å². The lowest BCUT2D eigenvalue weighted by Gasteiger charge is -2.28. The van der Waals surface area contributed by atoms with Crippen LogP contribution >= 0.6 is 8.24 Å². The van der Waals surface area contributed by atoms with Crippen molar-refractivity contribution in [3.8, 4) is 0 Å². The van der Waals surface area contributed by atoms with Crippen LogP contribution in [0.15, 0.2) is 32.7 Å². The summed E-state index contributed by atoms with van der Waals surface area (Å²) in [5.74, 6) is -1.58. The molecule has 8 nitrogen and oxygen atoms in total. The molecule has 3 saturated heterocycles. The fourth-order valence-electron chi connectivity index (χ4n) is 6.95. The van der Waals surface area contributed by atoms with E-state index >= 15 is 0 Å². The van der Waals surface area contributed by atoms with Gasteiger partial charge in [0.2, 0.25) is 0 Å². The van der Waals surface area contributed by atoms with Crippen LogP contribution in [0, 0.1) is 0 Å². The zero-order valence-electron chi connectivity index (χ0n) is 32.6. The van der Waals surface area contributed by atoms with E-state index in [2.05, 4.69) is 107 Å². The third-order valence-corrected chi connectivity index (χ3v) is 10.9. The highest BCUT2D eigenvalue weighted by molar-refractivity contribution is 7.31. The Morgan fingerprint density at radius 3 is 1.51 bits per heavy atom. The van der Waals surface area contributed by atoms with Crippen LogP contribution in [0.3, 0.4) is 0 Å². The Morgan fingerprint density at radius 1 is 0.612 bits per heavy atom. The maximum atomic E-state index is 7.07. The number of benzene rings is 2. The van der Waals surface area contributed by atoms with Gasteiger partial charge in [0.25, 0.3) is 0 Å². The molecule has 0 unspecified atom stereocenters.